The van der Waals surface area contributed by atoms with Crippen molar-refractivity contribution in [1.29, 1.82) is 0 Å². The van der Waals surface area contributed by atoms with E-state index in [9.17, 15) is 0 Å². The van der Waals surface area contributed by atoms with Crippen LogP contribution in [-0.2, 0) is 4.74 Å². The normalized spacial score (nSPS) is 13.2. The number of rotatable bonds is 4. The molecule has 0 bridgehead atoms. The van der Waals surface area contributed by atoms with Crippen molar-refractivity contribution in [2.45, 2.75) is 39.8 Å². The predicted molar refractivity (Wildman–Crippen MR) is 63.9 cm³/mol. The van der Waals surface area contributed by atoms with Crippen molar-refractivity contribution in [3.8, 4) is 0 Å². The van der Waals surface area contributed by atoms with E-state index < -0.39 is 0 Å². The van der Waals surface area contributed by atoms with Gasteiger partial charge in [-0.15, -0.1) is 0 Å². The van der Waals surface area contributed by atoms with E-state index in [1.54, 1.807) is 0 Å². The molecule has 0 saturated carbocycles. The van der Waals surface area contributed by atoms with Crippen molar-refractivity contribution >= 4 is 0 Å². The lowest BCUT2D eigenvalue weighted by Gasteiger charge is -2.15. The Bertz CT molecular complexity index is 300. The van der Waals surface area contributed by atoms with E-state index in [1.807, 2.05) is 13.8 Å². The van der Waals surface area contributed by atoms with Crippen molar-refractivity contribution in [2.75, 3.05) is 6.61 Å². The molecule has 2 N–H and O–H groups in total. The third kappa shape index (κ3) is 4.02. The van der Waals surface area contributed by atoms with E-state index in [0.29, 0.717) is 6.61 Å². The Hall–Kier alpha value is -0.860. The molecule has 2 heteroatoms. The van der Waals surface area contributed by atoms with Gasteiger partial charge in [-0.25, -0.2) is 0 Å². The van der Waals surface area contributed by atoms with Crippen molar-refractivity contribution in [3.63, 3.8) is 0 Å². The molecule has 1 rings (SSSR count). The van der Waals surface area contributed by atoms with Gasteiger partial charge in [0.25, 0.3) is 0 Å². The lowest BCUT2D eigenvalue weighted by atomic mass is 10.0. The van der Waals surface area contributed by atoms with Gasteiger partial charge in [-0.3, -0.25) is 0 Å². The molecule has 0 aromatic heterocycles. The maximum atomic E-state index is 6.06. The highest BCUT2D eigenvalue weighted by molar-refractivity contribution is 5.30. The number of ether oxygens (including phenoxy) is 1. The Morgan fingerprint density at radius 1 is 1.13 bits per heavy atom. The molecule has 0 aliphatic heterocycles. The van der Waals surface area contributed by atoms with Gasteiger partial charge in [0.05, 0.1) is 18.8 Å². The van der Waals surface area contributed by atoms with Crippen LogP contribution in [0.3, 0.4) is 0 Å². The molecule has 1 aromatic rings. The second kappa shape index (κ2) is 5.29. The first-order valence-corrected chi connectivity index (χ1v) is 5.44. The zero-order valence-electron chi connectivity index (χ0n) is 10.1. The Morgan fingerprint density at radius 3 is 2.13 bits per heavy atom. The van der Waals surface area contributed by atoms with E-state index in [0.717, 1.165) is 5.56 Å². The minimum atomic E-state index is -0.0222. The molecule has 0 radical (unpaired) electrons. The molecular formula is C13H21NO. The zero-order valence-corrected chi connectivity index (χ0v) is 10.1. The Labute approximate surface area is 92.4 Å². The summed E-state index contributed by atoms with van der Waals surface area (Å²) in [6.07, 6.45) is 0.238. The molecule has 0 amide bonds. The Morgan fingerprint density at radius 2 is 1.67 bits per heavy atom. The quantitative estimate of drug-likeness (QED) is 0.824. The van der Waals surface area contributed by atoms with E-state index in [4.69, 9.17) is 10.5 Å². The van der Waals surface area contributed by atoms with E-state index >= 15 is 0 Å². The van der Waals surface area contributed by atoms with Crippen molar-refractivity contribution in [2.24, 2.45) is 5.73 Å². The van der Waals surface area contributed by atoms with Gasteiger partial charge in [0.2, 0.25) is 0 Å². The largest absolute Gasteiger partial charge is 0.377 e. The number of nitrogens with two attached hydrogens (primary N) is 1. The van der Waals surface area contributed by atoms with Gasteiger partial charge in [0.15, 0.2) is 0 Å². The lowest BCUT2D eigenvalue weighted by molar-refractivity contribution is 0.0683. The van der Waals surface area contributed by atoms with Gasteiger partial charge in [-0.05, 0) is 33.3 Å². The third-order valence-electron chi connectivity index (χ3n) is 2.28. The van der Waals surface area contributed by atoms with E-state index in [1.165, 1.54) is 11.1 Å². The fraction of sp³-hybridized carbons (Fsp3) is 0.538. The SMILES string of the molecule is Cc1cc(C)cc(C(N)COC(C)C)c1. The summed E-state index contributed by atoms with van der Waals surface area (Å²) >= 11 is 0. The van der Waals surface area contributed by atoms with Gasteiger partial charge in [0, 0.05) is 0 Å². The summed E-state index contributed by atoms with van der Waals surface area (Å²) in [5.41, 5.74) is 9.73. The molecule has 1 aromatic carbocycles. The molecule has 0 spiro atoms. The number of hydrogen-bond donors (Lipinski definition) is 1. The first kappa shape index (κ1) is 12.2. The topological polar surface area (TPSA) is 35.2 Å². The molecular weight excluding hydrogens is 186 g/mol. The highest BCUT2D eigenvalue weighted by Gasteiger charge is 2.07. The first-order valence-electron chi connectivity index (χ1n) is 5.44. The summed E-state index contributed by atoms with van der Waals surface area (Å²) in [5, 5.41) is 0. The van der Waals surface area contributed by atoms with Gasteiger partial charge in [-0.2, -0.15) is 0 Å². The maximum absolute atomic E-state index is 6.06. The summed E-state index contributed by atoms with van der Waals surface area (Å²) in [6, 6.07) is 6.38. The molecule has 0 fully saturated rings. The van der Waals surface area contributed by atoms with Crippen LogP contribution < -0.4 is 5.73 Å². The van der Waals surface area contributed by atoms with E-state index in [2.05, 4.69) is 32.0 Å². The minimum absolute atomic E-state index is 0.0222. The second-order valence-electron chi connectivity index (χ2n) is 4.41. The van der Waals surface area contributed by atoms with E-state index in [-0.39, 0.29) is 12.1 Å². The summed E-state index contributed by atoms with van der Waals surface area (Å²) < 4.78 is 5.51. The second-order valence-corrected chi connectivity index (χ2v) is 4.41. The molecule has 84 valence electrons. The summed E-state index contributed by atoms with van der Waals surface area (Å²) in [4.78, 5) is 0. The van der Waals surface area contributed by atoms with Crippen LogP contribution in [0.15, 0.2) is 18.2 Å². The Kier molecular flexibility index (Phi) is 4.30. The number of hydrogen-bond acceptors (Lipinski definition) is 2. The monoisotopic (exact) mass is 207 g/mol. The fourth-order valence-electron chi connectivity index (χ4n) is 1.62. The molecule has 1 atom stereocenters. The Balaban J connectivity index is 2.68. The molecule has 0 aliphatic rings. The van der Waals surface area contributed by atoms with Crippen molar-refractivity contribution in [3.05, 3.63) is 34.9 Å². The molecule has 15 heavy (non-hydrogen) atoms. The van der Waals surface area contributed by atoms with Crippen LogP contribution in [0.25, 0.3) is 0 Å². The molecule has 0 heterocycles. The first-order chi connectivity index (χ1) is 6.99. The van der Waals surface area contributed by atoms with Crippen molar-refractivity contribution in [1.82, 2.24) is 0 Å². The van der Waals surface area contributed by atoms with Crippen LogP contribution in [0.1, 0.15) is 36.6 Å². The number of benzene rings is 1. The van der Waals surface area contributed by atoms with Crippen LogP contribution in [0.2, 0.25) is 0 Å². The summed E-state index contributed by atoms with van der Waals surface area (Å²) in [5.74, 6) is 0. The highest BCUT2D eigenvalue weighted by atomic mass is 16.5. The summed E-state index contributed by atoms with van der Waals surface area (Å²) in [6.45, 7) is 8.81. The van der Waals surface area contributed by atoms with Crippen LogP contribution in [0, 0.1) is 13.8 Å². The minimum Gasteiger partial charge on any atom is -0.377 e. The average Bonchev–Trinajstić information content (AvgIpc) is 2.12. The van der Waals surface area contributed by atoms with Gasteiger partial charge < -0.3 is 10.5 Å². The number of aryl methyl sites for hydroxylation is 2. The molecule has 2 nitrogen and oxygen atoms in total. The van der Waals surface area contributed by atoms with Crippen LogP contribution in [0.5, 0.6) is 0 Å². The standard InChI is InChI=1S/C13H21NO/c1-9(2)15-8-13(14)12-6-10(3)5-11(4)7-12/h5-7,9,13H,8,14H2,1-4H3. The molecule has 1 unspecified atom stereocenters. The smallest absolute Gasteiger partial charge is 0.0662 e. The fourth-order valence-corrected chi connectivity index (χ4v) is 1.62. The maximum Gasteiger partial charge on any atom is 0.0662 e. The highest BCUT2D eigenvalue weighted by Crippen LogP contribution is 2.15. The zero-order chi connectivity index (χ0) is 11.4. The van der Waals surface area contributed by atoms with Crippen LogP contribution >= 0.6 is 0 Å². The van der Waals surface area contributed by atoms with Crippen LogP contribution in [-0.4, -0.2) is 12.7 Å². The van der Waals surface area contributed by atoms with Crippen LogP contribution in [0.4, 0.5) is 0 Å². The molecule has 0 aliphatic carbocycles. The molecule has 0 saturated heterocycles. The van der Waals surface area contributed by atoms with Gasteiger partial charge in [-0.1, -0.05) is 29.3 Å². The lowest BCUT2D eigenvalue weighted by Crippen LogP contribution is -2.19. The van der Waals surface area contributed by atoms with Crippen molar-refractivity contribution < 1.29 is 4.74 Å². The van der Waals surface area contributed by atoms with Gasteiger partial charge >= 0.3 is 0 Å². The predicted octanol–water partition coefficient (Wildman–Crippen LogP) is 2.73. The average molecular weight is 207 g/mol. The third-order valence-corrected chi connectivity index (χ3v) is 2.28. The summed E-state index contributed by atoms with van der Waals surface area (Å²) in [7, 11) is 0. The van der Waals surface area contributed by atoms with Gasteiger partial charge in [0.1, 0.15) is 0 Å².